The topological polar surface area (TPSA) is 29.0 Å². The Morgan fingerprint density at radius 2 is 1.62 bits per heavy atom. The van der Waals surface area contributed by atoms with Crippen LogP contribution in [0.4, 0.5) is 11.5 Å². The second-order valence-electron chi connectivity index (χ2n) is 5.98. The summed E-state index contributed by atoms with van der Waals surface area (Å²) in [5.74, 6) is 0.858. The highest BCUT2D eigenvalue weighted by molar-refractivity contribution is 7.19. The van der Waals surface area contributed by atoms with E-state index < -0.39 is 0 Å². The summed E-state index contributed by atoms with van der Waals surface area (Å²) in [5.41, 5.74) is 3.45. The minimum absolute atomic E-state index is 0.280. The number of rotatable bonds is 4. The van der Waals surface area contributed by atoms with Crippen molar-refractivity contribution in [3.8, 4) is 11.1 Å². The Labute approximate surface area is 161 Å². The SMILES string of the molecule is CCN(c1ccccc1)c1nc(Cl)nc2sc(C)c(-c3ccccc3)c12. The molecule has 0 aliphatic carbocycles. The van der Waals surface area contributed by atoms with Gasteiger partial charge in [0.2, 0.25) is 5.28 Å². The minimum Gasteiger partial charge on any atom is -0.326 e. The fourth-order valence-electron chi connectivity index (χ4n) is 3.28. The Morgan fingerprint density at radius 1 is 0.962 bits per heavy atom. The molecule has 0 unspecified atom stereocenters. The van der Waals surface area contributed by atoms with Gasteiger partial charge in [-0.3, -0.25) is 0 Å². The Morgan fingerprint density at radius 3 is 2.27 bits per heavy atom. The summed E-state index contributed by atoms with van der Waals surface area (Å²) in [6.45, 7) is 5.04. The van der Waals surface area contributed by atoms with Crippen LogP contribution in [0.25, 0.3) is 21.3 Å². The van der Waals surface area contributed by atoms with Crippen molar-refractivity contribution in [3.05, 3.63) is 70.8 Å². The molecule has 4 aromatic rings. The first-order chi connectivity index (χ1) is 12.7. The van der Waals surface area contributed by atoms with Crippen LogP contribution in [0, 0.1) is 6.92 Å². The Hall–Kier alpha value is -2.43. The van der Waals surface area contributed by atoms with Gasteiger partial charge in [0, 0.05) is 22.7 Å². The largest absolute Gasteiger partial charge is 0.326 e. The molecule has 4 rings (SSSR count). The van der Waals surface area contributed by atoms with Gasteiger partial charge < -0.3 is 4.90 Å². The monoisotopic (exact) mass is 379 g/mol. The Bertz CT molecular complexity index is 1050. The number of anilines is 2. The third-order valence-electron chi connectivity index (χ3n) is 4.38. The fourth-order valence-corrected chi connectivity index (χ4v) is 4.53. The highest BCUT2D eigenvalue weighted by Crippen LogP contribution is 2.43. The van der Waals surface area contributed by atoms with Crippen molar-refractivity contribution in [2.75, 3.05) is 11.4 Å². The maximum atomic E-state index is 6.28. The van der Waals surface area contributed by atoms with E-state index in [1.807, 2.05) is 24.3 Å². The number of nitrogens with zero attached hydrogens (tertiary/aromatic N) is 3. The molecular formula is C21H18ClN3S. The first-order valence-corrected chi connectivity index (χ1v) is 9.73. The fraction of sp³-hybridized carbons (Fsp3) is 0.143. The number of halogens is 1. The summed E-state index contributed by atoms with van der Waals surface area (Å²) in [4.78, 5) is 13.5. The third kappa shape index (κ3) is 2.96. The van der Waals surface area contributed by atoms with E-state index in [-0.39, 0.29) is 5.28 Å². The van der Waals surface area contributed by atoms with E-state index in [9.17, 15) is 0 Å². The molecule has 0 amide bonds. The summed E-state index contributed by atoms with van der Waals surface area (Å²) in [7, 11) is 0. The van der Waals surface area contributed by atoms with Crippen LogP contribution in [0.1, 0.15) is 11.8 Å². The van der Waals surface area contributed by atoms with Crippen molar-refractivity contribution in [3.63, 3.8) is 0 Å². The van der Waals surface area contributed by atoms with Gasteiger partial charge >= 0.3 is 0 Å². The smallest absolute Gasteiger partial charge is 0.225 e. The number of thiophene rings is 1. The van der Waals surface area contributed by atoms with Crippen LogP contribution < -0.4 is 4.90 Å². The molecule has 0 spiro atoms. The molecule has 26 heavy (non-hydrogen) atoms. The lowest BCUT2D eigenvalue weighted by Gasteiger charge is -2.23. The van der Waals surface area contributed by atoms with E-state index in [4.69, 9.17) is 11.6 Å². The summed E-state index contributed by atoms with van der Waals surface area (Å²) in [6.07, 6.45) is 0. The molecule has 2 heterocycles. The lowest BCUT2D eigenvalue weighted by molar-refractivity contribution is 0.991. The quantitative estimate of drug-likeness (QED) is 0.380. The van der Waals surface area contributed by atoms with E-state index in [1.54, 1.807) is 11.3 Å². The summed E-state index contributed by atoms with van der Waals surface area (Å²) in [5, 5.41) is 1.34. The van der Waals surface area contributed by atoms with Crippen molar-refractivity contribution in [1.82, 2.24) is 9.97 Å². The zero-order valence-electron chi connectivity index (χ0n) is 14.6. The molecule has 0 saturated carbocycles. The van der Waals surface area contributed by atoms with E-state index in [2.05, 4.69) is 65.1 Å². The van der Waals surface area contributed by atoms with E-state index in [0.29, 0.717) is 0 Å². The summed E-state index contributed by atoms with van der Waals surface area (Å²) in [6, 6.07) is 20.7. The molecule has 0 saturated heterocycles. The summed E-state index contributed by atoms with van der Waals surface area (Å²) < 4.78 is 0. The molecular weight excluding hydrogens is 362 g/mol. The molecule has 3 nitrogen and oxygen atoms in total. The van der Waals surface area contributed by atoms with Crippen molar-refractivity contribution < 1.29 is 0 Å². The van der Waals surface area contributed by atoms with Crippen molar-refractivity contribution in [2.45, 2.75) is 13.8 Å². The van der Waals surface area contributed by atoms with E-state index in [1.165, 1.54) is 16.0 Å². The number of hydrogen-bond donors (Lipinski definition) is 0. The van der Waals surface area contributed by atoms with Crippen molar-refractivity contribution in [1.29, 1.82) is 0 Å². The van der Waals surface area contributed by atoms with Gasteiger partial charge in [0.1, 0.15) is 10.6 Å². The predicted molar refractivity (Wildman–Crippen MR) is 112 cm³/mol. The number of fused-ring (bicyclic) bond motifs is 1. The molecule has 0 fully saturated rings. The third-order valence-corrected chi connectivity index (χ3v) is 5.55. The number of hydrogen-bond acceptors (Lipinski definition) is 4. The summed E-state index contributed by atoms with van der Waals surface area (Å²) >= 11 is 7.94. The van der Waals surface area contributed by atoms with Crippen LogP contribution in [-0.2, 0) is 0 Å². The zero-order chi connectivity index (χ0) is 18.1. The van der Waals surface area contributed by atoms with Gasteiger partial charge in [0.05, 0.1) is 5.39 Å². The maximum Gasteiger partial charge on any atom is 0.225 e. The number of aryl methyl sites for hydroxylation is 1. The Balaban J connectivity index is 2.03. The lowest BCUT2D eigenvalue weighted by Crippen LogP contribution is -2.18. The standard InChI is InChI=1S/C21H18ClN3S/c1-3-25(16-12-8-5-9-13-16)19-18-17(15-10-6-4-7-11-15)14(2)26-20(18)24-21(22)23-19/h4-13H,3H2,1-2H3. The average Bonchev–Trinajstić information content (AvgIpc) is 2.99. The van der Waals surface area contributed by atoms with Crippen molar-refractivity contribution in [2.24, 2.45) is 0 Å². The molecule has 2 aromatic carbocycles. The molecule has 0 N–H and O–H groups in total. The minimum atomic E-state index is 0.280. The number of para-hydroxylation sites is 1. The highest BCUT2D eigenvalue weighted by Gasteiger charge is 2.21. The van der Waals surface area contributed by atoms with Crippen LogP contribution in [0.2, 0.25) is 5.28 Å². The van der Waals surface area contributed by atoms with Crippen LogP contribution in [-0.4, -0.2) is 16.5 Å². The van der Waals surface area contributed by atoms with Crippen LogP contribution in [0.3, 0.4) is 0 Å². The second kappa shape index (κ2) is 7.06. The van der Waals surface area contributed by atoms with Gasteiger partial charge in [-0.2, -0.15) is 4.98 Å². The van der Waals surface area contributed by atoms with Gasteiger partial charge in [0.25, 0.3) is 0 Å². The highest BCUT2D eigenvalue weighted by atomic mass is 35.5. The first kappa shape index (κ1) is 17.0. The number of benzene rings is 2. The molecule has 0 radical (unpaired) electrons. The average molecular weight is 380 g/mol. The molecule has 2 aromatic heterocycles. The van der Waals surface area contributed by atoms with Gasteiger partial charge in [-0.1, -0.05) is 48.5 Å². The van der Waals surface area contributed by atoms with Gasteiger partial charge in [-0.25, -0.2) is 4.98 Å². The second-order valence-corrected chi connectivity index (χ2v) is 7.52. The first-order valence-electron chi connectivity index (χ1n) is 8.53. The van der Waals surface area contributed by atoms with Gasteiger partial charge in [-0.05, 0) is 43.1 Å². The lowest BCUT2D eigenvalue weighted by atomic mass is 10.0. The molecule has 0 atom stereocenters. The van der Waals surface area contributed by atoms with Crippen LogP contribution in [0.5, 0.6) is 0 Å². The Kier molecular flexibility index (Phi) is 4.62. The van der Waals surface area contributed by atoms with E-state index >= 15 is 0 Å². The van der Waals surface area contributed by atoms with Crippen molar-refractivity contribution >= 4 is 44.7 Å². The molecule has 0 aliphatic rings. The van der Waals surface area contributed by atoms with E-state index in [0.717, 1.165) is 28.3 Å². The van der Waals surface area contributed by atoms with Gasteiger partial charge in [0.15, 0.2) is 0 Å². The van der Waals surface area contributed by atoms with Gasteiger partial charge in [-0.15, -0.1) is 11.3 Å². The number of aromatic nitrogens is 2. The normalized spacial score (nSPS) is 11.0. The van der Waals surface area contributed by atoms with Crippen LogP contribution >= 0.6 is 22.9 Å². The van der Waals surface area contributed by atoms with Crippen LogP contribution in [0.15, 0.2) is 60.7 Å². The molecule has 130 valence electrons. The maximum absolute atomic E-state index is 6.28. The predicted octanol–water partition coefficient (Wildman–Crippen LogP) is 6.48. The molecule has 5 heteroatoms. The molecule has 0 bridgehead atoms. The molecule has 0 aliphatic heterocycles. The zero-order valence-corrected chi connectivity index (χ0v) is 16.2.